The fourth-order valence-corrected chi connectivity index (χ4v) is 3.24. The Morgan fingerprint density at radius 1 is 1.16 bits per heavy atom. The Bertz CT molecular complexity index is 765. The highest BCUT2D eigenvalue weighted by Gasteiger charge is 2.47. The van der Waals surface area contributed by atoms with Gasteiger partial charge in [0.1, 0.15) is 11.3 Å². The second-order valence-corrected chi connectivity index (χ2v) is 6.76. The van der Waals surface area contributed by atoms with E-state index in [1.54, 1.807) is 6.92 Å². The summed E-state index contributed by atoms with van der Waals surface area (Å²) in [5, 5.41) is 6.77. The zero-order valence-corrected chi connectivity index (χ0v) is 14.8. The molecule has 1 aliphatic heterocycles. The number of hydrogen-bond acceptors (Lipinski definition) is 4. The molecular formula is C19H23N3O3. The van der Waals surface area contributed by atoms with Crippen LogP contribution in [0.5, 0.6) is 0 Å². The summed E-state index contributed by atoms with van der Waals surface area (Å²) in [6, 6.07) is 9.64. The largest absolute Gasteiger partial charge is 0.361 e. The minimum Gasteiger partial charge on any atom is -0.361 e. The molecule has 25 heavy (non-hydrogen) atoms. The molecule has 6 nitrogen and oxygen atoms in total. The average Bonchev–Trinajstić information content (AvgIpc) is 3.02. The van der Waals surface area contributed by atoms with E-state index >= 15 is 0 Å². The van der Waals surface area contributed by atoms with Crippen LogP contribution < -0.4 is 5.32 Å². The molecule has 1 fully saturated rings. The fourth-order valence-electron chi connectivity index (χ4n) is 3.24. The second-order valence-electron chi connectivity index (χ2n) is 6.76. The molecule has 3 amide bonds. The molecule has 3 rings (SSSR count). The van der Waals surface area contributed by atoms with Crippen LogP contribution in [0.25, 0.3) is 0 Å². The standard InChI is InChI=1S/C19H23N3O3/c1-13-16(14(2)25-21-13)10-12-22-17(23)19(3,20-18(22)24)11-9-15-7-5-4-6-8-15/h4-8H,9-12H2,1-3H3,(H,20,24)/t19-/m1/s1. The first-order valence-electron chi connectivity index (χ1n) is 8.50. The number of nitrogens with one attached hydrogen (secondary N) is 1. The molecular weight excluding hydrogens is 318 g/mol. The lowest BCUT2D eigenvalue weighted by Crippen LogP contribution is -2.44. The van der Waals surface area contributed by atoms with Gasteiger partial charge < -0.3 is 9.84 Å². The van der Waals surface area contributed by atoms with Crippen molar-refractivity contribution < 1.29 is 14.1 Å². The van der Waals surface area contributed by atoms with Crippen molar-refractivity contribution in [3.05, 3.63) is 52.9 Å². The van der Waals surface area contributed by atoms with Crippen molar-refractivity contribution in [2.75, 3.05) is 6.54 Å². The van der Waals surface area contributed by atoms with Crippen LogP contribution in [0.4, 0.5) is 4.79 Å². The predicted molar refractivity (Wildman–Crippen MR) is 93.1 cm³/mol. The molecule has 0 bridgehead atoms. The third kappa shape index (κ3) is 3.43. The van der Waals surface area contributed by atoms with Crippen molar-refractivity contribution in [2.24, 2.45) is 0 Å². The second kappa shape index (κ2) is 6.70. The van der Waals surface area contributed by atoms with Crippen molar-refractivity contribution in [1.82, 2.24) is 15.4 Å². The Labute approximate surface area is 147 Å². The van der Waals surface area contributed by atoms with Gasteiger partial charge in [0.15, 0.2) is 0 Å². The monoisotopic (exact) mass is 341 g/mol. The fraction of sp³-hybridized carbons (Fsp3) is 0.421. The van der Waals surface area contributed by atoms with Crippen LogP contribution in [0.1, 0.15) is 35.9 Å². The number of rotatable bonds is 6. The van der Waals surface area contributed by atoms with Gasteiger partial charge in [-0.05, 0) is 45.6 Å². The van der Waals surface area contributed by atoms with E-state index in [2.05, 4.69) is 10.5 Å². The molecule has 0 saturated carbocycles. The number of aryl methyl sites for hydroxylation is 3. The SMILES string of the molecule is Cc1noc(C)c1CCN1C(=O)N[C@](C)(CCc2ccccc2)C1=O. The van der Waals surface area contributed by atoms with Gasteiger partial charge >= 0.3 is 6.03 Å². The van der Waals surface area contributed by atoms with Crippen LogP contribution in [0.2, 0.25) is 0 Å². The Hall–Kier alpha value is -2.63. The first kappa shape index (κ1) is 17.2. The van der Waals surface area contributed by atoms with Crippen LogP contribution in [0.15, 0.2) is 34.9 Å². The molecule has 1 N–H and O–H groups in total. The smallest absolute Gasteiger partial charge is 0.325 e. The molecule has 1 saturated heterocycles. The summed E-state index contributed by atoms with van der Waals surface area (Å²) in [5.41, 5.74) is 2.06. The van der Waals surface area contributed by atoms with E-state index in [0.29, 0.717) is 19.4 Å². The lowest BCUT2D eigenvalue weighted by Gasteiger charge is -2.21. The molecule has 1 aromatic carbocycles. The third-order valence-corrected chi connectivity index (χ3v) is 4.87. The Morgan fingerprint density at radius 3 is 2.52 bits per heavy atom. The number of nitrogens with zero attached hydrogens (tertiary/aromatic N) is 2. The maximum absolute atomic E-state index is 12.8. The zero-order valence-electron chi connectivity index (χ0n) is 14.8. The quantitative estimate of drug-likeness (QED) is 0.820. The van der Waals surface area contributed by atoms with E-state index in [1.165, 1.54) is 4.90 Å². The number of amides is 3. The minimum atomic E-state index is -0.855. The summed E-state index contributed by atoms with van der Waals surface area (Å²) in [5.74, 6) is 0.566. The Balaban J connectivity index is 1.65. The van der Waals surface area contributed by atoms with Gasteiger partial charge in [-0.2, -0.15) is 0 Å². The molecule has 132 valence electrons. The van der Waals surface area contributed by atoms with Crippen LogP contribution >= 0.6 is 0 Å². The number of imide groups is 1. The molecule has 0 unspecified atom stereocenters. The van der Waals surface area contributed by atoms with Crippen LogP contribution in [-0.4, -0.2) is 34.1 Å². The molecule has 2 heterocycles. The first-order valence-corrected chi connectivity index (χ1v) is 8.50. The van der Waals surface area contributed by atoms with Crippen molar-refractivity contribution in [2.45, 2.75) is 45.6 Å². The molecule has 0 spiro atoms. The minimum absolute atomic E-state index is 0.166. The highest BCUT2D eigenvalue weighted by molar-refractivity contribution is 6.06. The van der Waals surface area contributed by atoms with Crippen LogP contribution in [0, 0.1) is 13.8 Å². The Kier molecular flexibility index (Phi) is 4.61. The van der Waals surface area contributed by atoms with E-state index in [4.69, 9.17) is 4.52 Å². The van der Waals surface area contributed by atoms with E-state index in [-0.39, 0.29) is 11.9 Å². The number of hydrogen-bond donors (Lipinski definition) is 1. The number of urea groups is 1. The molecule has 1 aromatic heterocycles. The predicted octanol–water partition coefficient (Wildman–Crippen LogP) is 2.78. The third-order valence-electron chi connectivity index (χ3n) is 4.87. The number of carbonyl (C=O) groups excluding carboxylic acids is 2. The molecule has 0 radical (unpaired) electrons. The molecule has 0 aliphatic carbocycles. The first-order chi connectivity index (χ1) is 11.9. The lowest BCUT2D eigenvalue weighted by molar-refractivity contribution is -0.130. The normalized spacial score (nSPS) is 20.2. The highest BCUT2D eigenvalue weighted by Crippen LogP contribution is 2.24. The lowest BCUT2D eigenvalue weighted by atomic mass is 9.93. The van der Waals surface area contributed by atoms with Gasteiger partial charge in [0, 0.05) is 12.1 Å². The van der Waals surface area contributed by atoms with Crippen molar-refractivity contribution >= 4 is 11.9 Å². The van der Waals surface area contributed by atoms with Gasteiger partial charge in [0.05, 0.1) is 5.69 Å². The molecule has 1 aliphatic rings. The van der Waals surface area contributed by atoms with Crippen LogP contribution in [0.3, 0.4) is 0 Å². The van der Waals surface area contributed by atoms with Crippen molar-refractivity contribution in [3.63, 3.8) is 0 Å². The van der Waals surface area contributed by atoms with E-state index < -0.39 is 5.54 Å². The van der Waals surface area contributed by atoms with Crippen molar-refractivity contribution in [3.8, 4) is 0 Å². The topological polar surface area (TPSA) is 75.4 Å². The molecule has 1 atom stereocenters. The highest BCUT2D eigenvalue weighted by atomic mass is 16.5. The maximum Gasteiger partial charge on any atom is 0.325 e. The Morgan fingerprint density at radius 2 is 1.88 bits per heavy atom. The summed E-state index contributed by atoms with van der Waals surface area (Å²) in [4.78, 5) is 26.4. The molecule has 6 heteroatoms. The number of carbonyl (C=O) groups is 2. The zero-order chi connectivity index (χ0) is 18.0. The van der Waals surface area contributed by atoms with Gasteiger partial charge in [0.2, 0.25) is 0 Å². The van der Waals surface area contributed by atoms with Gasteiger partial charge in [-0.15, -0.1) is 0 Å². The van der Waals surface area contributed by atoms with Gasteiger partial charge in [0.25, 0.3) is 5.91 Å². The average molecular weight is 341 g/mol. The summed E-state index contributed by atoms with van der Waals surface area (Å²) < 4.78 is 5.14. The summed E-state index contributed by atoms with van der Waals surface area (Å²) in [7, 11) is 0. The van der Waals surface area contributed by atoms with Crippen molar-refractivity contribution in [1.29, 1.82) is 0 Å². The summed E-state index contributed by atoms with van der Waals surface area (Å²) >= 11 is 0. The summed E-state index contributed by atoms with van der Waals surface area (Å²) in [6.45, 7) is 5.83. The number of benzene rings is 1. The van der Waals surface area contributed by atoms with Gasteiger partial charge in [-0.1, -0.05) is 35.5 Å². The van der Waals surface area contributed by atoms with E-state index in [9.17, 15) is 9.59 Å². The maximum atomic E-state index is 12.8. The van der Waals surface area contributed by atoms with Gasteiger partial charge in [-0.25, -0.2) is 4.79 Å². The summed E-state index contributed by atoms with van der Waals surface area (Å²) in [6.07, 6.45) is 1.86. The van der Waals surface area contributed by atoms with Crippen LogP contribution in [-0.2, 0) is 17.6 Å². The van der Waals surface area contributed by atoms with Gasteiger partial charge in [-0.3, -0.25) is 9.69 Å². The molecule has 2 aromatic rings. The van der Waals surface area contributed by atoms with E-state index in [0.717, 1.165) is 29.0 Å². The van der Waals surface area contributed by atoms with E-state index in [1.807, 2.05) is 44.2 Å². The number of aromatic nitrogens is 1.